The predicted molar refractivity (Wildman–Crippen MR) is 81.9 cm³/mol. The van der Waals surface area contributed by atoms with Crippen LogP contribution in [0.1, 0.15) is 24.1 Å². The second kappa shape index (κ2) is 7.82. The lowest BCUT2D eigenvalue weighted by molar-refractivity contribution is 0.414. The monoisotopic (exact) mass is 277 g/mol. The molecule has 1 N–H and O–H groups in total. The van der Waals surface area contributed by atoms with Gasteiger partial charge in [-0.25, -0.2) is 0 Å². The molecule has 0 aliphatic carbocycles. The molecule has 1 unspecified atom stereocenters. The molecule has 2 nitrogen and oxygen atoms in total. The standard InChI is InChI=1S/C16H19NO.ClH/c1-13(15-8-10-16(18-2)11-9-15)17-12-14-6-4-3-5-7-14;/h3-11,13,17H,12H2,1-2H3;1H. The number of nitrogens with one attached hydrogen (secondary N) is 1. The third-order valence-corrected chi connectivity index (χ3v) is 3.07. The molecular weight excluding hydrogens is 258 g/mol. The van der Waals surface area contributed by atoms with Crippen LogP contribution in [-0.4, -0.2) is 7.11 Å². The van der Waals surface area contributed by atoms with Crippen molar-refractivity contribution in [1.82, 2.24) is 5.32 Å². The Labute approximate surface area is 121 Å². The molecule has 0 aliphatic rings. The van der Waals surface area contributed by atoms with E-state index < -0.39 is 0 Å². The Morgan fingerprint density at radius 3 is 2.21 bits per heavy atom. The number of hydrogen-bond acceptors (Lipinski definition) is 2. The van der Waals surface area contributed by atoms with Gasteiger partial charge in [0.25, 0.3) is 0 Å². The van der Waals surface area contributed by atoms with Crippen LogP contribution in [0.2, 0.25) is 0 Å². The van der Waals surface area contributed by atoms with E-state index in [0.29, 0.717) is 6.04 Å². The van der Waals surface area contributed by atoms with Gasteiger partial charge in [0.1, 0.15) is 5.75 Å². The van der Waals surface area contributed by atoms with Crippen LogP contribution in [0.25, 0.3) is 0 Å². The zero-order valence-corrected chi connectivity index (χ0v) is 12.1. The van der Waals surface area contributed by atoms with E-state index in [0.717, 1.165) is 12.3 Å². The quantitative estimate of drug-likeness (QED) is 0.893. The van der Waals surface area contributed by atoms with Gasteiger partial charge in [-0.05, 0) is 30.2 Å². The van der Waals surface area contributed by atoms with Gasteiger partial charge in [0, 0.05) is 12.6 Å². The summed E-state index contributed by atoms with van der Waals surface area (Å²) in [6, 6.07) is 19.0. The Balaban J connectivity index is 0.00000180. The molecule has 2 aromatic rings. The van der Waals surface area contributed by atoms with Crippen molar-refractivity contribution in [2.45, 2.75) is 19.5 Å². The minimum absolute atomic E-state index is 0. The number of ether oxygens (including phenoxy) is 1. The van der Waals surface area contributed by atoms with E-state index in [1.165, 1.54) is 11.1 Å². The molecule has 0 saturated heterocycles. The van der Waals surface area contributed by atoms with Gasteiger partial charge in [0.15, 0.2) is 0 Å². The summed E-state index contributed by atoms with van der Waals surface area (Å²) >= 11 is 0. The van der Waals surface area contributed by atoms with E-state index in [9.17, 15) is 0 Å². The predicted octanol–water partition coefficient (Wildman–Crippen LogP) is 3.97. The highest BCUT2D eigenvalue weighted by Gasteiger charge is 2.04. The van der Waals surface area contributed by atoms with E-state index in [4.69, 9.17) is 4.74 Å². The fraction of sp³-hybridized carbons (Fsp3) is 0.250. The molecule has 2 rings (SSSR count). The molecule has 0 radical (unpaired) electrons. The van der Waals surface area contributed by atoms with Crippen LogP contribution in [0.4, 0.5) is 0 Å². The van der Waals surface area contributed by atoms with Crippen LogP contribution in [-0.2, 0) is 6.54 Å². The first-order chi connectivity index (χ1) is 8.79. The lowest BCUT2D eigenvalue weighted by atomic mass is 10.1. The summed E-state index contributed by atoms with van der Waals surface area (Å²) in [7, 11) is 1.69. The Morgan fingerprint density at radius 1 is 1.00 bits per heavy atom. The molecule has 19 heavy (non-hydrogen) atoms. The second-order valence-electron chi connectivity index (χ2n) is 4.36. The number of hydrogen-bond donors (Lipinski definition) is 1. The largest absolute Gasteiger partial charge is 0.497 e. The fourth-order valence-electron chi connectivity index (χ4n) is 1.88. The fourth-order valence-corrected chi connectivity index (χ4v) is 1.88. The average molecular weight is 278 g/mol. The van der Waals surface area contributed by atoms with E-state index in [1.807, 2.05) is 18.2 Å². The molecule has 3 heteroatoms. The van der Waals surface area contributed by atoms with Crippen LogP contribution in [0, 0.1) is 0 Å². The van der Waals surface area contributed by atoms with Crippen LogP contribution < -0.4 is 10.1 Å². The van der Waals surface area contributed by atoms with Crippen molar-refractivity contribution in [2.75, 3.05) is 7.11 Å². The molecule has 0 spiro atoms. The maximum atomic E-state index is 5.16. The molecular formula is C16H20ClNO. The molecule has 1 atom stereocenters. The van der Waals surface area contributed by atoms with Crippen molar-refractivity contribution in [3.8, 4) is 5.75 Å². The van der Waals surface area contributed by atoms with E-state index in [1.54, 1.807) is 7.11 Å². The molecule has 0 aliphatic heterocycles. The first-order valence-corrected chi connectivity index (χ1v) is 6.21. The highest BCUT2D eigenvalue weighted by atomic mass is 35.5. The second-order valence-corrected chi connectivity index (χ2v) is 4.36. The highest BCUT2D eigenvalue weighted by molar-refractivity contribution is 5.85. The van der Waals surface area contributed by atoms with Crippen LogP contribution in [0.15, 0.2) is 54.6 Å². The minimum Gasteiger partial charge on any atom is -0.497 e. The maximum Gasteiger partial charge on any atom is 0.118 e. The van der Waals surface area contributed by atoms with Crippen LogP contribution >= 0.6 is 12.4 Å². The van der Waals surface area contributed by atoms with E-state index >= 15 is 0 Å². The van der Waals surface area contributed by atoms with Crippen molar-refractivity contribution in [1.29, 1.82) is 0 Å². The minimum atomic E-state index is 0. The third kappa shape index (κ3) is 4.58. The Kier molecular flexibility index (Phi) is 6.40. The summed E-state index contributed by atoms with van der Waals surface area (Å²) in [5, 5.41) is 3.51. The number of benzene rings is 2. The molecule has 102 valence electrons. The first-order valence-electron chi connectivity index (χ1n) is 6.21. The van der Waals surface area contributed by atoms with Crippen LogP contribution in [0.5, 0.6) is 5.75 Å². The molecule has 0 amide bonds. The van der Waals surface area contributed by atoms with Gasteiger partial charge in [-0.15, -0.1) is 12.4 Å². The van der Waals surface area contributed by atoms with Gasteiger partial charge in [-0.2, -0.15) is 0 Å². The number of rotatable bonds is 5. The van der Waals surface area contributed by atoms with Gasteiger partial charge in [-0.1, -0.05) is 42.5 Å². The van der Waals surface area contributed by atoms with E-state index in [2.05, 4.69) is 48.6 Å². The van der Waals surface area contributed by atoms with E-state index in [-0.39, 0.29) is 12.4 Å². The highest BCUT2D eigenvalue weighted by Crippen LogP contribution is 2.17. The normalized spacial score (nSPS) is 11.5. The maximum absolute atomic E-state index is 5.16. The molecule has 0 fully saturated rings. The summed E-state index contributed by atoms with van der Waals surface area (Å²) in [6.07, 6.45) is 0. The van der Waals surface area contributed by atoms with Crippen molar-refractivity contribution in [3.63, 3.8) is 0 Å². The molecule has 0 heterocycles. The van der Waals surface area contributed by atoms with Crippen LogP contribution in [0.3, 0.4) is 0 Å². The van der Waals surface area contributed by atoms with Crippen molar-refractivity contribution in [3.05, 3.63) is 65.7 Å². The first kappa shape index (κ1) is 15.5. The van der Waals surface area contributed by atoms with Gasteiger partial charge >= 0.3 is 0 Å². The van der Waals surface area contributed by atoms with Gasteiger partial charge in [0.05, 0.1) is 7.11 Å². The summed E-state index contributed by atoms with van der Waals surface area (Å²) in [5.74, 6) is 0.897. The Morgan fingerprint density at radius 2 is 1.63 bits per heavy atom. The topological polar surface area (TPSA) is 21.3 Å². The smallest absolute Gasteiger partial charge is 0.118 e. The van der Waals surface area contributed by atoms with Crippen molar-refractivity contribution < 1.29 is 4.74 Å². The Hall–Kier alpha value is -1.51. The summed E-state index contributed by atoms with van der Waals surface area (Å²) in [6.45, 7) is 3.05. The number of halogens is 1. The summed E-state index contributed by atoms with van der Waals surface area (Å²) in [4.78, 5) is 0. The average Bonchev–Trinajstić information content (AvgIpc) is 2.46. The van der Waals surface area contributed by atoms with Crippen molar-refractivity contribution in [2.24, 2.45) is 0 Å². The zero-order valence-electron chi connectivity index (χ0n) is 11.3. The Bertz CT molecular complexity index is 470. The summed E-state index contributed by atoms with van der Waals surface area (Å²) < 4.78 is 5.16. The van der Waals surface area contributed by atoms with Gasteiger partial charge < -0.3 is 10.1 Å². The molecule has 2 aromatic carbocycles. The van der Waals surface area contributed by atoms with Gasteiger partial charge in [-0.3, -0.25) is 0 Å². The third-order valence-electron chi connectivity index (χ3n) is 3.07. The SMILES string of the molecule is COc1ccc(C(C)NCc2ccccc2)cc1.Cl. The van der Waals surface area contributed by atoms with Crippen molar-refractivity contribution >= 4 is 12.4 Å². The summed E-state index contributed by atoms with van der Waals surface area (Å²) in [5.41, 5.74) is 2.57. The molecule has 0 saturated carbocycles. The van der Waals surface area contributed by atoms with Gasteiger partial charge in [0.2, 0.25) is 0 Å². The zero-order chi connectivity index (χ0) is 12.8. The lowest BCUT2D eigenvalue weighted by Crippen LogP contribution is -2.17. The number of methoxy groups -OCH3 is 1. The molecule has 0 bridgehead atoms. The molecule has 0 aromatic heterocycles. The lowest BCUT2D eigenvalue weighted by Gasteiger charge is -2.14.